The molecule has 2 rings (SSSR count). The van der Waals surface area contributed by atoms with Crippen LogP contribution in [0.3, 0.4) is 0 Å². The number of aromatic nitrogens is 2. The lowest BCUT2D eigenvalue weighted by Crippen LogP contribution is -2.27. The summed E-state index contributed by atoms with van der Waals surface area (Å²) in [6.45, 7) is 3.27. The molecule has 0 unspecified atom stereocenters. The number of nitrogens with zero attached hydrogens (tertiary/aromatic N) is 2. The second-order valence-corrected chi connectivity index (χ2v) is 5.81. The van der Waals surface area contributed by atoms with Crippen LogP contribution in [0.5, 0.6) is 0 Å². The summed E-state index contributed by atoms with van der Waals surface area (Å²) in [5, 5.41) is 8.79. The van der Waals surface area contributed by atoms with E-state index in [4.69, 9.17) is 19.3 Å². The van der Waals surface area contributed by atoms with Crippen LogP contribution >= 0.6 is 0 Å². The van der Waals surface area contributed by atoms with Crippen molar-refractivity contribution in [3.63, 3.8) is 0 Å². The van der Waals surface area contributed by atoms with Gasteiger partial charge in [-0.1, -0.05) is 12.1 Å². The second-order valence-electron chi connectivity index (χ2n) is 5.81. The van der Waals surface area contributed by atoms with E-state index < -0.39 is 11.9 Å². The van der Waals surface area contributed by atoms with Crippen LogP contribution in [0.1, 0.15) is 27.9 Å². The molecule has 2 heterocycles. The van der Waals surface area contributed by atoms with E-state index in [0.29, 0.717) is 19.8 Å². The van der Waals surface area contributed by atoms with E-state index in [1.807, 2.05) is 0 Å². The highest BCUT2D eigenvalue weighted by Crippen LogP contribution is 2.00. The molecule has 0 spiro atoms. The molecule has 0 fully saturated rings. The summed E-state index contributed by atoms with van der Waals surface area (Å²) in [6.07, 6.45) is 0. The Labute approximate surface area is 173 Å². The molecule has 164 valence electrons. The monoisotopic (exact) mass is 422 g/mol. The summed E-state index contributed by atoms with van der Waals surface area (Å²) in [4.78, 5) is 45.1. The fraction of sp³-hybridized carbons (Fsp3) is 0.400. The van der Waals surface area contributed by atoms with E-state index in [1.54, 1.807) is 13.0 Å². The molecule has 10 heteroatoms. The molecule has 30 heavy (non-hydrogen) atoms. The SMILES string of the molecule is CCOC(=O)c1cccc(=O)n1CCOC.COCCn1c(C(=O)O)cccc1=O. The van der Waals surface area contributed by atoms with E-state index in [0.717, 1.165) is 0 Å². The molecule has 0 atom stereocenters. The van der Waals surface area contributed by atoms with Crippen LogP contribution < -0.4 is 11.1 Å². The predicted molar refractivity (Wildman–Crippen MR) is 108 cm³/mol. The summed E-state index contributed by atoms with van der Waals surface area (Å²) in [7, 11) is 3.03. The van der Waals surface area contributed by atoms with Gasteiger partial charge >= 0.3 is 11.9 Å². The molecule has 10 nitrogen and oxygen atoms in total. The molecule has 0 aliphatic carbocycles. The number of hydrogen-bond donors (Lipinski definition) is 1. The highest BCUT2D eigenvalue weighted by atomic mass is 16.5. The molecular weight excluding hydrogens is 396 g/mol. The summed E-state index contributed by atoms with van der Waals surface area (Å²) in [5.74, 6) is -1.60. The predicted octanol–water partition coefficient (Wildman–Crippen LogP) is 0.864. The van der Waals surface area contributed by atoms with E-state index in [-0.39, 0.29) is 35.7 Å². The largest absolute Gasteiger partial charge is 0.477 e. The van der Waals surface area contributed by atoms with Crippen LogP contribution in [0.2, 0.25) is 0 Å². The molecule has 0 aliphatic rings. The molecule has 0 saturated carbocycles. The lowest BCUT2D eigenvalue weighted by Gasteiger charge is -2.10. The third kappa shape index (κ3) is 7.30. The first-order valence-corrected chi connectivity index (χ1v) is 9.15. The molecule has 0 aromatic carbocycles. The van der Waals surface area contributed by atoms with Crippen molar-refractivity contribution in [1.29, 1.82) is 0 Å². The van der Waals surface area contributed by atoms with Gasteiger partial charge in [-0.15, -0.1) is 0 Å². The Balaban J connectivity index is 0.000000303. The number of carbonyl (C=O) groups is 2. The van der Waals surface area contributed by atoms with Crippen LogP contribution in [0, 0.1) is 0 Å². The molecule has 0 aliphatic heterocycles. The number of carboxylic acid groups (broad SMARTS) is 1. The van der Waals surface area contributed by atoms with Gasteiger partial charge in [0.15, 0.2) is 0 Å². The summed E-state index contributed by atoms with van der Waals surface area (Å²) >= 11 is 0. The average molecular weight is 422 g/mol. The minimum absolute atomic E-state index is 0.0189. The van der Waals surface area contributed by atoms with E-state index >= 15 is 0 Å². The van der Waals surface area contributed by atoms with Crippen molar-refractivity contribution in [3.05, 3.63) is 68.5 Å². The van der Waals surface area contributed by atoms with Gasteiger partial charge < -0.3 is 28.5 Å². The molecule has 0 bridgehead atoms. The van der Waals surface area contributed by atoms with Crippen LogP contribution in [0.15, 0.2) is 46.0 Å². The number of ether oxygens (including phenoxy) is 3. The first kappa shape index (κ1) is 24.8. The van der Waals surface area contributed by atoms with Crippen molar-refractivity contribution < 1.29 is 28.9 Å². The van der Waals surface area contributed by atoms with Gasteiger partial charge in [0.2, 0.25) is 0 Å². The van der Waals surface area contributed by atoms with Gasteiger partial charge in [0, 0.05) is 39.4 Å². The number of pyridine rings is 2. The Kier molecular flexibility index (Phi) is 10.8. The van der Waals surface area contributed by atoms with E-state index in [9.17, 15) is 19.2 Å². The zero-order valence-electron chi connectivity index (χ0n) is 17.2. The quantitative estimate of drug-likeness (QED) is 0.590. The zero-order chi connectivity index (χ0) is 22.5. The van der Waals surface area contributed by atoms with Gasteiger partial charge in [-0.05, 0) is 19.1 Å². The number of rotatable bonds is 9. The smallest absolute Gasteiger partial charge is 0.355 e. The number of esters is 1. The number of carbonyl (C=O) groups excluding carboxylic acids is 1. The maximum Gasteiger partial charge on any atom is 0.355 e. The maximum atomic E-state index is 11.6. The third-order valence-corrected chi connectivity index (χ3v) is 3.84. The minimum Gasteiger partial charge on any atom is -0.477 e. The number of hydrogen-bond acceptors (Lipinski definition) is 7. The van der Waals surface area contributed by atoms with Crippen molar-refractivity contribution in [3.8, 4) is 0 Å². The van der Waals surface area contributed by atoms with Crippen molar-refractivity contribution in [2.75, 3.05) is 34.0 Å². The Hall–Kier alpha value is -3.24. The lowest BCUT2D eigenvalue weighted by atomic mass is 10.3. The number of carboxylic acids is 1. The van der Waals surface area contributed by atoms with Gasteiger partial charge in [0.1, 0.15) is 11.4 Å². The fourth-order valence-electron chi connectivity index (χ4n) is 2.44. The van der Waals surface area contributed by atoms with Crippen molar-refractivity contribution >= 4 is 11.9 Å². The third-order valence-electron chi connectivity index (χ3n) is 3.84. The Morgan fingerprint density at radius 1 is 0.867 bits per heavy atom. The maximum absolute atomic E-state index is 11.6. The molecule has 0 radical (unpaired) electrons. The fourth-order valence-corrected chi connectivity index (χ4v) is 2.44. The van der Waals surface area contributed by atoms with E-state index in [2.05, 4.69) is 0 Å². The first-order valence-electron chi connectivity index (χ1n) is 9.15. The topological polar surface area (TPSA) is 126 Å². The first-order chi connectivity index (χ1) is 14.4. The van der Waals surface area contributed by atoms with Gasteiger partial charge in [0.05, 0.1) is 19.8 Å². The molecule has 0 saturated heterocycles. The Bertz CT molecular complexity index is 948. The minimum atomic E-state index is -1.11. The highest BCUT2D eigenvalue weighted by molar-refractivity contribution is 5.87. The highest BCUT2D eigenvalue weighted by Gasteiger charge is 2.12. The van der Waals surface area contributed by atoms with Gasteiger partial charge in [-0.2, -0.15) is 0 Å². The Morgan fingerprint density at radius 2 is 1.33 bits per heavy atom. The zero-order valence-corrected chi connectivity index (χ0v) is 17.2. The molecule has 2 aromatic rings. The van der Waals surface area contributed by atoms with Gasteiger partial charge in [0.25, 0.3) is 11.1 Å². The molecule has 2 aromatic heterocycles. The Morgan fingerprint density at radius 3 is 1.77 bits per heavy atom. The average Bonchev–Trinajstić information content (AvgIpc) is 2.72. The van der Waals surface area contributed by atoms with Crippen molar-refractivity contribution in [1.82, 2.24) is 9.13 Å². The van der Waals surface area contributed by atoms with Crippen LogP contribution in [0.25, 0.3) is 0 Å². The second kappa shape index (κ2) is 13.1. The van der Waals surface area contributed by atoms with Crippen LogP contribution in [0.4, 0.5) is 0 Å². The van der Waals surface area contributed by atoms with Crippen molar-refractivity contribution in [2.24, 2.45) is 0 Å². The van der Waals surface area contributed by atoms with Gasteiger partial charge in [-0.3, -0.25) is 9.59 Å². The van der Waals surface area contributed by atoms with E-state index in [1.165, 1.54) is 53.7 Å². The molecular formula is C20H26N2O8. The summed E-state index contributed by atoms with van der Waals surface area (Å²) in [5.41, 5.74) is -0.328. The van der Waals surface area contributed by atoms with Crippen LogP contribution in [-0.4, -0.2) is 60.2 Å². The standard InChI is InChI=1S/C11H15NO4.C9H11NO4/c1-3-16-11(14)9-5-4-6-10(13)12(9)7-8-15-2;1-14-6-5-10-7(9(12)13)3-2-4-8(10)11/h4-6H,3,7-8H2,1-2H3;2-4H,5-6H2,1H3,(H,12,13). The summed E-state index contributed by atoms with van der Waals surface area (Å²) in [6, 6.07) is 8.64. The number of aromatic carboxylic acids is 1. The van der Waals surface area contributed by atoms with Crippen LogP contribution in [-0.2, 0) is 27.3 Å². The van der Waals surface area contributed by atoms with Gasteiger partial charge in [-0.25, -0.2) is 9.59 Å². The summed E-state index contributed by atoms with van der Waals surface area (Å²) < 4.78 is 17.1. The normalized spacial score (nSPS) is 10.1. The molecule has 0 amide bonds. The van der Waals surface area contributed by atoms with Crippen molar-refractivity contribution in [2.45, 2.75) is 20.0 Å². The lowest BCUT2D eigenvalue weighted by molar-refractivity contribution is 0.0509. The number of methoxy groups -OCH3 is 2. The molecule has 1 N–H and O–H groups in total.